The van der Waals surface area contributed by atoms with E-state index in [0.717, 1.165) is 15.8 Å². The van der Waals surface area contributed by atoms with E-state index in [1.807, 2.05) is 25.1 Å². The minimum Gasteiger partial charge on any atom is -0.496 e. The van der Waals surface area contributed by atoms with Crippen LogP contribution in [0, 0.1) is 0 Å². The molecule has 0 aliphatic heterocycles. The number of hydrogen-bond donors (Lipinski definition) is 0. The molecule has 1 rings (SSSR count). The van der Waals surface area contributed by atoms with Gasteiger partial charge >= 0.3 is 5.97 Å². The van der Waals surface area contributed by atoms with Crippen LogP contribution in [0.15, 0.2) is 22.7 Å². The number of hydrogen-bond acceptors (Lipinski definition) is 3. The van der Waals surface area contributed by atoms with Crippen molar-refractivity contribution >= 4 is 21.9 Å². The van der Waals surface area contributed by atoms with E-state index in [-0.39, 0.29) is 11.9 Å². The van der Waals surface area contributed by atoms with Crippen molar-refractivity contribution in [1.82, 2.24) is 0 Å². The molecular formula is C12H15BrO3. The topological polar surface area (TPSA) is 35.5 Å². The number of esters is 1. The van der Waals surface area contributed by atoms with E-state index in [4.69, 9.17) is 4.74 Å². The van der Waals surface area contributed by atoms with E-state index in [2.05, 4.69) is 20.7 Å². The molecule has 0 aliphatic rings. The van der Waals surface area contributed by atoms with Gasteiger partial charge in [-0.15, -0.1) is 0 Å². The summed E-state index contributed by atoms with van der Waals surface area (Å²) in [5.41, 5.74) is 1.00. The van der Waals surface area contributed by atoms with E-state index >= 15 is 0 Å². The molecule has 0 amide bonds. The third-order valence-electron chi connectivity index (χ3n) is 2.42. The van der Waals surface area contributed by atoms with Crippen LogP contribution in [0.1, 0.15) is 24.8 Å². The first-order valence-corrected chi connectivity index (χ1v) is 5.78. The van der Waals surface area contributed by atoms with E-state index in [0.29, 0.717) is 6.42 Å². The average molecular weight is 287 g/mol. The summed E-state index contributed by atoms with van der Waals surface area (Å²) in [6.07, 6.45) is 0.351. The number of carbonyl (C=O) groups excluding carboxylic acids is 1. The van der Waals surface area contributed by atoms with Gasteiger partial charge in [0.1, 0.15) is 5.75 Å². The molecule has 16 heavy (non-hydrogen) atoms. The first-order chi connectivity index (χ1) is 7.58. The van der Waals surface area contributed by atoms with Gasteiger partial charge in [0.05, 0.1) is 20.6 Å². The molecule has 1 atom stereocenters. The lowest BCUT2D eigenvalue weighted by molar-refractivity contribution is -0.140. The van der Waals surface area contributed by atoms with Crippen LogP contribution >= 0.6 is 15.9 Å². The normalized spacial score (nSPS) is 12.0. The summed E-state index contributed by atoms with van der Waals surface area (Å²) >= 11 is 3.41. The molecule has 88 valence electrons. The highest BCUT2D eigenvalue weighted by atomic mass is 79.9. The van der Waals surface area contributed by atoms with Crippen molar-refractivity contribution < 1.29 is 14.3 Å². The number of rotatable bonds is 4. The lowest BCUT2D eigenvalue weighted by atomic mass is 9.97. The Morgan fingerprint density at radius 1 is 1.44 bits per heavy atom. The molecule has 1 aromatic rings. The van der Waals surface area contributed by atoms with E-state index in [1.165, 1.54) is 7.11 Å². The minimum absolute atomic E-state index is 0.0694. The average Bonchev–Trinajstić information content (AvgIpc) is 2.28. The Balaban J connectivity index is 2.92. The van der Waals surface area contributed by atoms with Gasteiger partial charge in [-0.2, -0.15) is 0 Å². The Labute approximate surface area is 104 Å². The lowest BCUT2D eigenvalue weighted by Crippen LogP contribution is -2.07. The molecule has 0 heterocycles. The SMILES string of the molecule is COC(=O)CC(C)c1cc(Br)ccc1OC. The number of benzene rings is 1. The molecule has 4 heteroatoms. The Bertz CT molecular complexity index is 377. The molecule has 0 saturated carbocycles. The van der Waals surface area contributed by atoms with Gasteiger partial charge < -0.3 is 9.47 Å². The van der Waals surface area contributed by atoms with E-state index < -0.39 is 0 Å². The molecule has 0 fully saturated rings. The van der Waals surface area contributed by atoms with Gasteiger partial charge in [-0.1, -0.05) is 22.9 Å². The summed E-state index contributed by atoms with van der Waals surface area (Å²) in [5.74, 6) is 0.647. The molecule has 0 radical (unpaired) electrons. The molecule has 0 aliphatic carbocycles. The molecule has 0 bridgehead atoms. The van der Waals surface area contributed by atoms with Crippen molar-refractivity contribution in [2.45, 2.75) is 19.3 Å². The maximum atomic E-state index is 11.2. The standard InChI is InChI=1S/C12H15BrO3/c1-8(6-12(14)16-3)10-7-9(13)4-5-11(10)15-2/h4-5,7-8H,6H2,1-3H3. The minimum atomic E-state index is -0.213. The summed E-state index contributed by atoms with van der Waals surface area (Å²) < 4.78 is 10.9. The lowest BCUT2D eigenvalue weighted by Gasteiger charge is -2.14. The highest BCUT2D eigenvalue weighted by Gasteiger charge is 2.15. The predicted octanol–water partition coefficient (Wildman–Crippen LogP) is 3.12. The van der Waals surface area contributed by atoms with Gasteiger partial charge in [-0.25, -0.2) is 0 Å². The fourth-order valence-corrected chi connectivity index (χ4v) is 1.91. The van der Waals surface area contributed by atoms with Crippen molar-refractivity contribution in [3.05, 3.63) is 28.2 Å². The molecule has 0 aromatic heterocycles. The second-order valence-electron chi connectivity index (χ2n) is 3.57. The summed E-state index contributed by atoms with van der Waals surface area (Å²) in [7, 11) is 3.02. The van der Waals surface area contributed by atoms with Crippen LogP contribution in [0.5, 0.6) is 5.75 Å². The monoisotopic (exact) mass is 286 g/mol. The predicted molar refractivity (Wildman–Crippen MR) is 65.7 cm³/mol. The van der Waals surface area contributed by atoms with Crippen LogP contribution in [0.3, 0.4) is 0 Å². The quantitative estimate of drug-likeness (QED) is 0.798. The fourth-order valence-electron chi connectivity index (χ4n) is 1.53. The van der Waals surface area contributed by atoms with Crippen LogP contribution < -0.4 is 4.74 Å². The molecule has 0 spiro atoms. The summed E-state index contributed by atoms with van der Waals surface area (Å²) in [4.78, 5) is 11.2. The van der Waals surface area contributed by atoms with Crippen LogP contribution in [-0.2, 0) is 9.53 Å². The maximum Gasteiger partial charge on any atom is 0.306 e. The van der Waals surface area contributed by atoms with Crippen molar-refractivity contribution in [1.29, 1.82) is 0 Å². The summed E-state index contributed by atoms with van der Waals surface area (Å²) in [6, 6.07) is 5.76. The maximum absolute atomic E-state index is 11.2. The number of ether oxygens (including phenoxy) is 2. The van der Waals surface area contributed by atoms with Gasteiger partial charge in [-0.3, -0.25) is 4.79 Å². The third-order valence-corrected chi connectivity index (χ3v) is 2.92. The van der Waals surface area contributed by atoms with Gasteiger partial charge in [0.2, 0.25) is 0 Å². The third kappa shape index (κ3) is 3.23. The van der Waals surface area contributed by atoms with Crippen LogP contribution in [-0.4, -0.2) is 20.2 Å². The molecular weight excluding hydrogens is 272 g/mol. The van der Waals surface area contributed by atoms with E-state index in [1.54, 1.807) is 7.11 Å². The Hall–Kier alpha value is -1.03. The van der Waals surface area contributed by atoms with Crippen molar-refractivity contribution in [2.24, 2.45) is 0 Å². The zero-order chi connectivity index (χ0) is 12.1. The number of halogens is 1. The highest BCUT2D eigenvalue weighted by molar-refractivity contribution is 9.10. The van der Waals surface area contributed by atoms with Crippen LogP contribution in [0.2, 0.25) is 0 Å². The smallest absolute Gasteiger partial charge is 0.306 e. The zero-order valence-corrected chi connectivity index (χ0v) is 11.2. The Morgan fingerprint density at radius 2 is 2.12 bits per heavy atom. The summed E-state index contributed by atoms with van der Waals surface area (Å²) in [6.45, 7) is 1.97. The van der Waals surface area contributed by atoms with E-state index in [9.17, 15) is 4.79 Å². The number of methoxy groups -OCH3 is 2. The van der Waals surface area contributed by atoms with Crippen molar-refractivity contribution in [2.75, 3.05) is 14.2 Å². The largest absolute Gasteiger partial charge is 0.496 e. The molecule has 1 unspecified atom stereocenters. The second-order valence-corrected chi connectivity index (χ2v) is 4.48. The van der Waals surface area contributed by atoms with Crippen molar-refractivity contribution in [3.8, 4) is 5.75 Å². The first kappa shape index (κ1) is 13.0. The zero-order valence-electron chi connectivity index (χ0n) is 9.62. The fraction of sp³-hybridized carbons (Fsp3) is 0.417. The van der Waals surface area contributed by atoms with Gasteiger partial charge in [0.25, 0.3) is 0 Å². The number of carbonyl (C=O) groups is 1. The van der Waals surface area contributed by atoms with Crippen LogP contribution in [0.4, 0.5) is 0 Å². The Kier molecular flexibility index (Phi) is 4.80. The van der Waals surface area contributed by atoms with Crippen LogP contribution in [0.25, 0.3) is 0 Å². The summed E-state index contributed by atoms with van der Waals surface area (Å²) in [5, 5.41) is 0. The van der Waals surface area contributed by atoms with Crippen molar-refractivity contribution in [3.63, 3.8) is 0 Å². The van der Waals surface area contributed by atoms with Gasteiger partial charge in [0.15, 0.2) is 0 Å². The molecule has 3 nitrogen and oxygen atoms in total. The van der Waals surface area contributed by atoms with Gasteiger partial charge in [0, 0.05) is 4.47 Å². The molecule has 0 N–H and O–H groups in total. The molecule has 0 saturated heterocycles. The highest BCUT2D eigenvalue weighted by Crippen LogP contribution is 2.31. The second kappa shape index (κ2) is 5.89. The first-order valence-electron chi connectivity index (χ1n) is 4.98. The molecule has 1 aromatic carbocycles. The van der Waals surface area contributed by atoms with Gasteiger partial charge in [-0.05, 0) is 29.7 Å². The Morgan fingerprint density at radius 3 is 2.69 bits per heavy atom.